The van der Waals surface area contributed by atoms with Gasteiger partial charge in [-0.2, -0.15) is 5.10 Å². The number of aromatic nitrogens is 2. The summed E-state index contributed by atoms with van der Waals surface area (Å²) in [4.78, 5) is 12.3. The minimum absolute atomic E-state index is 0.0379. The van der Waals surface area contributed by atoms with Crippen molar-refractivity contribution in [1.82, 2.24) is 9.78 Å². The van der Waals surface area contributed by atoms with Crippen molar-refractivity contribution in [3.8, 4) is 0 Å². The Labute approximate surface area is 107 Å². The highest BCUT2D eigenvalue weighted by Gasteiger charge is 2.14. The Morgan fingerprint density at radius 3 is 2.28 bits per heavy atom. The van der Waals surface area contributed by atoms with Gasteiger partial charge in [0.1, 0.15) is 0 Å². The molecule has 0 aliphatic carbocycles. The van der Waals surface area contributed by atoms with Crippen LogP contribution in [0.3, 0.4) is 0 Å². The molecule has 1 heterocycles. The number of carbonyl (C=O) groups is 1. The van der Waals surface area contributed by atoms with Crippen LogP contribution in [-0.2, 0) is 7.05 Å². The lowest BCUT2D eigenvalue weighted by Crippen LogP contribution is -2.02. The Kier molecular flexibility index (Phi) is 3.32. The van der Waals surface area contributed by atoms with E-state index < -0.39 is 0 Å². The molecule has 0 unspecified atom stereocenters. The molecule has 0 N–H and O–H groups in total. The minimum Gasteiger partial charge on any atom is -0.288 e. The summed E-state index contributed by atoms with van der Waals surface area (Å²) >= 11 is 0. The van der Waals surface area contributed by atoms with Crippen molar-refractivity contribution in [3.05, 3.63) is 52.8 Å². The van der Waals surface area contributed by atoms with Crippen LogP contribution in [0.1, 0.15) is 46.9 Å². The van der Waals surface area contributed by atoms with Crippen LogP contribution in [0.2, 0.25) is 0 Å². The summed E-state index contributed by atoms with van der Waals surface area (Å²) in [7, 11) is 1.83. The van der Waals surface area contributed by atoms with Gasteiger partial charge in [0.15, 0.2) is 5.78 Å². The van der Waals surface area contributed by atoms with Crippen molar-refractivity contribution >= 4 is 5.78 Å². The maximum atomic E-state index is 12.3. The first-order chi connectivity index (χ1) is 8.49. The molecule has 0 saturated heterocycles. The zero-order valence-corrected chi connectivity index (χ0v) is 11.3. The first-order valence-electron chi connectivity index (χ1n) is 6.14. The van der Waals surface area contributed by atoms with Gasteiger partial charge in [0, 0.05) is 18.8 Å². The van der Waals surface area contributed by atoms with Crippen LogP contribution in [0, 0.1) is 6.92 Å². The van der Waals surface area contributed by atoms with E-state index in [9.17, 15) is 4.79 Å². The highest BCUT2D eigenvalue weighted by Crippen LogP contribution is 2.17. The summed E-state index contributed by atoms with van der Waals surface area (Å²) in [6.07, 6.45) is 1.77. The average Bonchev–Trinajstić information content (AvgIpc) is 2.67. The van der Waals surface area contributed by atoms with E-state index in [1.807, 2.05) is 38.2 Å². The minimum atomic E-state index is 0.0379. The number of ketones is 1. The van der Waals surface area contributed by atoms with E-state index in [1.54, 1.807) is 10.9 Å². The highest BCUT2D eigenvalue weighted by atomic mass is 16.1. The standard InChI is InChI=1S/C15H18N2O/c1-10(2)12-5-7-13(8-6-12)15(18)14-9-17(4)16-11(14)3/h5-10H,1-4H3. The predicted molar refractivity (Wildman–Crippen MR) is 71.9 cm³/mol. The third-order valence-electron chi connectivity index (χ3n) is 3.10. The Balaban J connectivity index is 2.32. The van der Waals surface area contributed by atoms with Gasteiger partial charge in [-0.3, -0.25) is 9.48 Å². The summed E-state index contributed by atoms with van der Waals surface area (Å²) in [6, 6.07) is 7.82. The largest absolute Gasteiger partial charge is 0.288 e. The Morgan fingerprint density at radius 1 is 1.22 bits per heavy atom. The van der Waals surface area contributed by atoms with Gasteiger partial charge in [0.2, 0.25) is 0 Å². The number of rotatable bonds is 3. The second-order valence-corrected chi connectivity index (χ2v) is 4.91. The van der Waals surface area contributed by atoms with E-state index in [1.165, 1.54) is 5.56 Å². The monoisotopic (exact) mass is 242 g/mol. The van der Waals surface area contributed by atoms with Gasteiger partial charge >= 0.3 is 0 Å². The molecule has 3 heteroatoms. The Morgan fingerprint density at radius 2 is 1.83 bits per heavy atom. The van der Waals surface area contributed by atoms with E-state index in [-0.39, 0.29) is 5.78 Å². The number of carbonyl (C=O) groups excluding carboxylic acids is 1. The van der Waals surface area contributed by atoms with Crippen molar-refractivity contribution in [2.45, 2.75) is 26.7 Å². The Hall–Kier alpha value is -1.90. The molecule has 0 fully saturated rings. The predicted octanol–water partition coefficient (Wildman–Crippen LogP) is 3.08. The second kappa shape index (κ2) is 4.77. The molecular weight excluding hydrogens is 224 g/mol. The maximum Gasteiger partial charge on any atom is 0.196 e. The van der Waals surface area contributed by atoms with Crippen molar-refractivity contribution in [2.24, 2.45) is 7.05 Å². The smallest absolute Gasteiger partial charge is 0.196 e. The number of nitrogens with zero attached hydrogens (tertiary/aromatic N) is 2. The third-order valence-corrected chi connectivity index (χ3v) is 3.10. The van der Waals surface area contributed by atoms with Gasteiger partial charge in [0.25, 0.3) is 0 Å². The molecule has 2 aromatic rings. The summed E-state index contributed by atoms with van der Waals surface area (Å²) in [5, 5.41) is 4.20. The molecule has 0 bridgehead atoms. The van der Waals surface area contributed by atoms with E-state index >= 15 is 0 Å². The third kappa shape index (κ3) is 2.35. The Bertz CT molecular complexity index is 565. The lowest BCUT2D eigenvalue weighted by Gasteiger charge is -2.06. The van der Waals surface area contributed by atoms with Crippen LogP contribution in [0.5, 0.6) is 0 Å². The molecular formula is C15H18N2O. The van der Waals surface area contributed by atoms with E-state index in [0.717, 1.165) is 11.3 Å². The van der Waals surface area contributed by atoms with Crippen molar-refractivity contribution in [2.75, 3.05) is 0 Å². The van der Waals surface area contributed by atoms with Crippen molar-refractivity contribution in [3.63, 3.8) is 0 Å². The lowest BCUT2D eigenvalue weighted by molar-refractivity contribution is 0.103. The first kappa shape index (κ1) is 12.6. The number of hydrogen-bond donors (Lipinski definition) is 0. The molecule has 2 rings (SSSR count). The molecule has 0 spiro atoms. The quantitative estimate of drug-likeness (QED) is 0.775. The normalized spacial score (nSPS) is 10.9. The maximum absolute atomic E-state index is 12.3. The zero-order chi connectivity index (χ0) is 13.3. The molecule has 0 radical (unpaired) electrons. The zero-order valence-electron chi connectivity index (χ0n) is 11.3. The van der Waals surface area contributed by atoms with E-state index in [2.05, 4.69) is 18.9 Å². The summed E-state index contributed by atoms with van der Waals surface area (Å²) in [5.74, 6) is 0.519. The van der Waals surface area contributed by atoms with Crippen molar-refractivity contribution in [1.29, 1.82) is 0 Å². The molecule has 18 heavy (non-hydrogen) atoms. The molecule has 0 amide bonds. The van der Waals surface area contributed by atoms with Gasteiger partial charge < -0.3 is 0 Å². The number of benzene rings is 1. The fourth-order valence-corrected chi connectivity index (χ4v) is 2.00. The topological polar surface area (TPSA) is 34.9 Å². The van der Waals surface area contributed by atoms with Crippen LogP contribution in [-0.4, -0.2) is 15.6 Å². The summed E-state index contributed by atoms with van der Waals surface area (Å²) < 4.78 is 1.67. The summed E-state index contributed by atoms with van der Waals surface area (Å²) in [6.45, 7) is 6.14. The first-order valence-corrected chi connectivity index (χ1v) is 6.14. The number of aryl methyl sites for hydroxylation is 2. The van der Waals surface area contributed by atoms with Gasteiger partial charge in [-0.25, -0.2) is 0 Å². The van der Waals surface area contributed by atoms with Gasteiger partial charge in [-0.15, -0.1) is 0 Å². The molecule has 0 aliphatic rings. The molecule has 0 aliphatic heterocycles. The highest BCUT2D eigenvalue weighted by molar-refractivity contribution is 6.09. The average molecular weight is 242 g/mol. The number of hydrogen-bond acceptors (Lipinski definition) is 2. The van der Waals surface area contributed by atoms with Crippen LogP contribution in [0.25, 0.3) is 0 Å². The molecule has 3 nitrogen and oxygen atoms in total. The van der Waals surface area contributed by atoms with Gasteiger partial charge in [-0.05, 0) is 18.4 Å². The van der Waals surface area contributed by atoms with Gasteiger partial charge in [0.05, 0.1) is 11.3 Å². The summed E-state index contributed by atoms with van der Waals surface area (Å²) in [5.41, 5.74) is 3.41. The second-order valence-electron chi connectivity index (χ2n) is 4.91. The molecule has 94 valence electrons. The SMILES string of the molecule is Cc1nn(C)cc1C(=O)c1ccc(C(C)C)cc1. The molecule has 1 aromatic heterocycles. The fraction of sp³-hybridized carbons (Fsp3) is 0.333. The van der Waals surface area contributed by atoms with Crippen LogP contribution < -0.4 is 0 Å². The van der Waals surface area contributed by atoms with Gasteiger partial charge in [-0.1, -0.05) is 38.1 Å². The lowest BCUT2D eigenvalue weighted by atomic mass is 9.98. The van der Waals surface area contributed by atoms with Crippen LogP contribution in [0.15, 0.2) is 30.5 Å². The van der Waals surface area contributed by atoms with E-state index in [4.69, 9.17) is 0 Å². The fourth-order valence-electron chi connectivity index (χ4n) is 2.00. The molecule has 1 aromatic carbocycles. The molecule has 0 atom stereocenters. The van der Waals surface area contributed by atoms with E-state index in [0.29, 0.717) is 11.5 Å². The van der Waals surface area contributed by atoms with Crippen LogP contribution in [0.4, 0.5) is 0 Å². The molecule has 0 saturated carbocycles. The van der Waals surface area contributed by atoms with Crippen LogP contribution >= 0.6 is 0 Å². The van der Waals surface area contributed by atoms with Crippen molar-refractivity contribution < 1.29 is 4.79 Å².